The number of rotatable bonds is 4. The Morgan fingerprint density at radius 3 is 2.57 bits per heavy atom. The van der Waals surface area contributed by atoms with E-state index in [0.29, 0.717) is 5.69 Å². The first-order chi connectivity index (χ1) is 9.95. The van der Waals surface area contributed by atoms with Gasteiger partial charge in [0.1, 0.15) is 5.82 Å². The topological polar surface area (TPSA) is 41.1 Å². The van der Waals surface area contributed by atoms with Gasteiger partial charge in [0.05, 0.1) is 6.54 Å². The molecule has 0 atom stereocenters. The number of hydrogen-bond acceptors (Lipinski definition) is 2. The van der Waals surface area contributed by atoms with E-state index in [1.54, 1.807) is 6.07 Å². The summed E-state index contributed by atoms with van der Waals surface area (Å²) in [4.78, 5) is 11.9. The van der Waals surface area contributed by atoms with E-state index in [2.05, 4.69) is 26.6 Å². The summed E-state index contributed by atoms with van der Waals surface area (Å²) in [6.45, 7) is 3.86. The lowest BCUT2D eigenvalue weighted by Crippen LogP contribution is -2.22. The van der Waals surface area contributed by atoms with E-state index in [0.717, 1.165) is 21.3 Å². The number of anilines is 2. The maximum Gasteiger partial charge on any atom is 0.243 e. The normalized spacial score (nSPS) is 10.3. The smallest absolute Gasteiger partial charge is 0.243 e. The number of carbonyl (C=O) groups excluding carboxylic acids is 1. The Kier molecular flexibility index (Phi) is 4.96. The number of halogens is 2. The number of nitrogens with one attached hydrogen (secondary N) is 2. The van der Waals surface area contributed by atoms with Gasteiger partial charge in [-0.05, 0) is 55.3 Å². The summed E-state index contributed by atoms with van der Waals surface area (Å²) in [5.41, 5.74) is 3.25. The Bertz CT molecular complexity index is 673. The Morgan fingerprint density at radius 2 is 1.86 bits per heavy atom. The second-order valence-electron chi connectivity index (χ2n) is 4.82. The third-order valence-electron chi connectivity index (χ3n) is 3.10. The summed E-state index contributed by atoms with van der Waals surface area (Å²) in [5, 5.41) is 5.77. The Labute approximate surface area is 131 Å². The minimum Gasteiger partial charge on any atom is -0.376 e. The van der Waals surface area contributed by atoms with Gasteiger partial charge in [0.2, 0.25) is 5.91 Å². The van der Waals surface area contributed by atoms with Crippen molar-refractivity contribution in [3.63, 3.8) is 0 Å². The van der Waals surface area contributed by atoms with Crippen LogP contribution in [0.25, 0.3) is 0 Å². The van der Waals surface area contributed by atoms with Crippen molar-refractivity contribution < 1.29 is 9.18 Å². The Morgan fingerprint density at radius 1 is 1.10 bits per heavy atom. The molecule has 2 aromatic carbocycles. The van der Waals surface area contributed by atoms with E-state index in [9.17, 15) is 9.18 Å². The minimum absolute atomic E-state index is 0.0831. The average Bonchev–Trinajstić information content (AvgIpc) is 2.43. The summed E-state index contributed by atoms with van der Waals surface area (Å²) in [6.07, 6.45) is 0. The van der Waals surface area contributed by atoms with E-state index in [4.69, 9.17) is 0 Å². The molecule has 0 heterocycles. The van der Waals surface area contributed by atoms with Crippen LogP contribution in [-0.2, 0) is 4.79 Å². The molecule has 2 aromatic rings. The highest BCUT2D eigenvalue weighted by Gasteiger charge is 2.06. The second-order valence-corrected chi connectivity index (χ2v) is 5.74. The molecule has 0 aliphatic heterocycles. The zero-order chi connectivity index (χ0) is 15.4. The first-order valence-electron chi connectivity index (χ1n) is 6.52. The summed E-state index contributed by atoms with van der Waals surface area (Å²) >= 11 is 3.38. The van der Waals surface area contributed by atoms with Crippen molar-refractivity contribution in [3.8, 4) is 0 Å². The maximum atomic E-state index is 13.2. The van der Waals surface area contributed by atoms with Crippen LogP contribution in [0.15, 0.2) is 40.9 Å². The zero-order valence-electron chi connectivity index (χ0n) is 11.8. The third kappa shape index (κ3) is 4.29. The van der Waals surface area contributed by atoms with Gasteiger partial charge >= 0.3 is 0 Å². The first kappa shape index (κ1) is 15.5. The van der Waals surface area contributed by atoms with Crippen molar-refractivity contribution in [1.82, 2.24) is 0 Å². The maximum absolute atomic E-state index is 13.2. The highest BCUT2D eigenvalue weighted by Crippen LogP contribution is 2.20. The molecule has 0 spiro atoms. The van der Waals surface area contributed by atoms with Crippen LogP contribution in [0.5, 0.6) is 0 Å². The molecule has 21 heavy (non-hydrogen) atoms. The first-order valence-corrected chi connectivity index (χ1v) is 7.31. The van der Waals surface area contributed by atoms with Crippen molar-refractivity contribution in [2.45, 2.75) is 13.8 Å². The van der Waals surface area contributed by atoms with Crippen LogP contribution in [-0.4, -0.2) is 12.5 Å². The number of amides is 1. The number of hydrogen-bond donors (Lipinski definition) is 2. The van der Waals surface area contributed by atoms with Gasteiger partial charge in [-0.3, -0.25) is 4.79 Å². The zero-order valence-corrected chi connectivity index (χ0v) is 13.4. The van der Waals surface area contributed by atoms with Crippen molar-refractivity contribution in [1.29, 1.82) is 0 Å². The van der Waals surface area contributed by atoms with Crippen LogP contribution in [0.2, 0.25) is 0 Å². The quantitative estimate of drug-likeness (QED) is 0.864. The molecule has 0 aromatic heterocycles. The van der Waals surface area contributed by atoms with Crippen LogP contribution in [0.4, 0.5) is 15.8 Å². The minimum atomic E-state index is -0.327. The molecule has 0 aliphatic rings. The predicted molar refractivity (Wildman–Crippen MR) is 87.1 cm³/mol. The molecule has 0 radical (unpaired) electrons. The van der Waals surface area contributed by atoms with Gasteiger partial charge in [-0.15, -0.1) is 0 Å². The van der Waals surface area contributed by atoms with Gasteiger partial charge in [-0.1, -0.05) is 22.0 Å². The lowest BCUT2D eigenvalue weighted by atomic mass is 10.2. The van der Waals surface area contributed by atoms with E-state index in [1.165, 1.54) is 12.1 Å². The summed E-state index contributed by atoms with van der Waals surface area (Å²) in [7, 11) is 0. The molecule has 2 N–H and O–H groups in total. The van der Waals surface area contributed by atoms with Crippen LogP contribution in [0.3, 0.4) is 0 Å². The van der Waals surface area contributed by atoms with Crippen molar-refractivity contribution >= 4 is 33.2 Å². The summed E-state index contributed by atoms with van der Waals surface area (Å²) < 4.78 is 14.1. The Hall–Kier alpha value is -1.88. The van der Waals surface area contributed by atoms with Gasteiger partial charge in [-0.2, -0.15) is 0 Å². The number of carbonyl (C=O) groups is 1. The molecule has 0 unspecified atom stereocenters. The lowest BCUT2D eigenvalue weighted by Gasteiger charge is -2.11. The fourth-order valence-electron chi connectivity index (χ4n) is 1.92. The average molecular weight is 351 g/mol. The molecule has 0 aliphatic carbocycles. The molecule has 1 amide bonds. The highest BCUT2D eigenvalue weighted by atomic mass is 79.9. The third-order valence-corrected chi connectivity index (χ3v) is 3.59. The molecule has 0 saturated carbocycles. The van der Waals surface area contributed by atoms with Crippen molar-refractivity contribution in [3.05, 3.63) is 57.8 Å². The molecule has 2 rings (SSSR count). The van der Waals surface area contributed by atoms with Crippen LogP contribution >= 0.6 is 15.9 Å². The van der Waals surface area contributed by atoms with Crippen molar-refractivity contribution in [2.75, 3.05) is 17.2 Å². The molecule has 0 bridgehead atoms. The number of benzene rings is 2. The molecular formula is C16H16BrFN2O. The SMILES string of the molecule is Cc1ccc(F)cc1NCC(=O)Nc1ccc(Br)cc1C. The van der Waals surface area contributed by atoms with E-state index < -0.39 is 0 Å². The van der Waals surface area contributed by atoms with Crippen LogP contribution < -0.4 is 10.6 Å². The van der Waals surface area contributed by atoms with Gasteiger partial charge in [0.25, 0.3) is 0 Å². The van der Waals surface area contributed by atoms with Crippen molar-refractivity contribution in [2.24, 2.45) is 0 Å². The molecular weight excluding hydrogens is 335 g/mol. The lowest BCUT2D eigenvalue weighted by molar-refractivity contribution is -0.114. The second kappa shape index (κ2) is 6.72. The summed E-state index contributed by atoms with van der Waals surface area (Å²) in [6, 6.07) is 10.1. The number of aryl methyl sites for hydroxylation is 2. The monoisotopic (exact) mass is 350 g/mol. The van der Waals surface area contributed by atoms with E-state index in [-0.39, 0.29) is 18.3 Å². The van der Waals surface area contributed by atoms with E-state index >= 15 is 0 Å². The molecule has 3 nitrogen and oxygen atoms in total. The Balaban J connectivity index is 1.97. The fourth-order valence-corrected chi connectivity index (χ4v) is 2.40. The van der Waals surface area contributed by atoms with Gasteiger partial charge < -0.3 is 10.6 Å². The van der Waals surface area contributed by atoms with E-state index in [1.807, 2.05) is 32.0 Å². The van der Waals surface area contributed by atoms with Gasteiger partial charge in [0, 0.05) is 15.8 Å². The molecule has 110 valence electrons. The van der Waals surface area contributed by atoms with Crippen LogP contribution in [0, 0.1) is 19.7 Å². The fraction of sp³-hybridized carbons (Fsp3) is 0.188. The largest absolute Gasteiger partial charge is 0.376 e. The molecule has 5 heteroatoms. The molecule has 0 fully saturated rings. The standard InChI is InChI=1S/C16H16BrFN2O/c1-10-3-5-13(18)8-15(10)19-9-16(21)20-14-6-4-12(17)7-11(14)2/h3-8,19H,9H2,1-2H3,(H,20,21). The molecule has 0 saturated heterocycles. The summed E-state index contributed by atoms with van der Waals surface area (Å²) in [5.74, 6) is -0.503. The van der Waals surface area contributed by atoms with Gasteiger partial charge in [-0.25, -0.2) is 4.39 Å². The van der Waals surface area contributed by atoms with Gasteiger partial charge in [0.15, 0.2) is 0 Å². The van der Waals surface area contributed by atoms with Crippen LogP contribution in [0.1, 0.15) is 11.1 Å². The highest BCUT2D eigenvalue weighted by molar-refractivity contribution is 9.10. The predicted octanol–water partition coefficient (Wildman–Crippen LogP) is 4.26.